The molecule has 0 spiro atoms. The summed E-state index contributed by atoms with van der Waals surface area (Å²) in [5.41, 5.74) is 0.220. The molecule has 0 bridgehead atoms. The van der Waals surface area contributed by atoms with Gasteiger partial charge in [0.05, 0.1) is 33.7 Å². The largest absolute Gasteiger partial charge is 1.00 e. The first-order chi connectivity index (χ1) is 7.79. The summed E-state index contributed by atoms with van der Waals surface area (Å²) in [6.45, 7) is 2.30. The van der Waals surface area contributed by atoms with Crippen molar-refractivity contribution in [1.82, 2.24) is 0 Å². The van der Waals surface area contributed by atoms with Crippen molar-refractivity contribution in [2.24, 2.45) is 0 Å². The number of carbonyl (C=O) groups excluding carboxylic acids is 1. The molecule has 1 unspecified atom stereocenters. The molecule has 0 amide bonds. The molecule has 0 aliphatic carbocycles. The molecule has 0 heterocycles. The van der Waals surface area contributed by atoms with Crippen molar-refractivity contribution in [1.29, 1.82) is 0 Å². The molecule has 1 aromatic rings. The fraction of sp³-hybridized carbons (Fsp3) is 0.462. The number of hydrogen-bond acceptors (Lipinski definition) is 3. The van der Waals surface area contributed by atoms with Crippen LogP contribution in [0, 0.1) is 0 Å². The average Bonchev–Trinajstić information content (AvgIpc) is 2.28. The smallest absolute Gasteiger partial charge is 0.109 e. The number of likely N-dealkylation sites (N-methyl/N-ethyl adjacent to an activating group) is 1. The van der Waals surface area contributed by atoms with E-state index in [2.05, 4.69) is 21.1 Å². The number of rotatable bonds is 3. The molecule has 5 heteroatoms. The second-order valence-corrected chi connectivity index (χ2v) is 4.80. The fourth-order valence-electron chi connectivity index (χ4n) is 0.819. The molecule has 0 radical (unpaired) electrons. The summed E-state index contributed by atoms with van der Waals surface area (Å²) >= 11 is 0. The molecule has 0 saturated carbocycles. The van der Waals surface area contributed by atoms with Gasteiger partial charge in [0.2, 0.25) is 0 Å². The minimum Gasteiger partial charge on any atom is -1.00 e. The van der Waals surface area contributed by atoms with Crippen LogP contribution in [0.1, 0.15) is 17.3 Å². The Kier molecular flexibility index (Phi) is 9.53. The van der Waals surface area contributed by atoms with E-state index in [0.29, 0.717) is 6.04 Å². The Morgan fingerprint density at radius 1 is 1.28 bits per heavy atom. The number of aliphatic hydroxyl groups excluding tert-OH is 1. The van der Waals surface area contributed by atoms with Gasteiger partial charge in [-0.15, -0.1) is 0 Å². The molecule has 18 heavy (non-hydrogen) atoms. The molecular formula is C13H21ClNO3-. The van der Waals surface area contributed by atoms with Crippen LogP contribution in [0.4, 0.5) is 0 Å². The highest BCUT2D eigenvalue weighted by Crippen LogP contribution is 1.98. The number of hydrogen-bond donors (Lipinski definition) is 1. The van der Waals surface area contributed by atoms with E-state index in [1.54, 1.807) is 18.2 Å². The first kappa shape index (κ1) is 19.2. The molecular weight excluding hydrogens is 254 g/mol. The van der Waals surface area contributed by atoms with Crippen LogP contribution in [0.5, 0.6) is 0 Å². The van der Waals surface area contributed by atoms with Crippen molar-refractivity contribution in [2.75, 3.05) is 27.7 Å². The van der Waals surface area contributed by atoms with Crippen molar-refractivity contribution < 1.29 is 31.9 Å². The second kappa shape index (κ2) is 8.91. The van der Waals surface area contributed by atoms with Gasteiger partial charge in [0.15, 0.2) is 0 Å². The number of quaternary nitrogens is 1. The Bertz CT molecular complexity index is 336. The van der Waals surface area contributed by atoms with E-state index < -0.39 is 5.97 Å². The van der Waals surface area contributed by atoms with E-state index in [1.165, 1.54) is 12.1 Å². The lowest BCUT2D eigenvalue weighted by molar-refractivity contribution is -0.894. The predicted octanol–water partition coefficient (Wildman–Crippen LogP) is -2.87. The third kappa shape index (κ3) is 8.06. The number of aromatic carboxylic acids is 1. The summed E-state index contributed by atoms with van der Waals surface area (Å²) in [4.78, 5) is 10.1. The third-order valence-corrected chi connectivity index (χ3v) is 2.60. The van der Waals surface area contributed by atoms with Gasteiger partial charge in [-0.1, -0.05) is 30.3 Å². The first-order valence-corrected chi connectivity index (χ1v) is 5.47. The Labute approximate surface area is 115 Å². The quantitative estimate of drug-likeness (QED) is 0.603. The van der Waals surface area contributed by atoms with Gasteiger partial charge in [-0.05, 0) is 12.5 Å². The molecule has 1 N–H and O–H groups in total. The highest BCUT2D eigenvalue weighted by atomic mass is 35.5. The molecule has 0 aliphatic heterocycles. The van der Waals surface area contributed by atoms with Crippen molar-refractivity contribution >= 4 is 5.97 Å². The number of nitrogens with zero attached hydrogens (tertiary/aromatic N) is 1. The van der Waals surface area contributed by atoms with Gasteiger partial charge >= 0.3 is 0 Å². The standard InChI is InChI=1S/C7H6O2.C6H16NO.ClH/c8-7(9)6-4-2-1-3-5-6;1-6(5-8)7(2,3)4;/h1-5H,(H,8,9);6,8H,5H2,1-4H3;1H/q;+1;/p-2. The monoisotopic (exact) mass is 274 g/mol. The molecule has 0 aliphatic rings. The van der Waals surface area contributed by atoms with Gasteiger partial charge in [-0.25, -0.2) is 0 Å². The van der Waals surface area contributed by atoms with E-state index >= 15 is 0 Å². The third-order valence-electron chi connectivity index (χ3n) is 2.60. The number of carboxylic acid groups (broad SMARTS) is 1. The topological polar surface area (TPSA) is 60.4 Å². The van der Waals surface area contributed by atoms with Crippen molar-refractivity contribution in [2.45, 2.75) is 13.0 Å². The molecule has 1 atom stereocenters. The van der Waals surface area contributed by atoms with Gasteiger partial charge in [0.25, 0.3) is 0 Å². The lowest BCUT2D eigenvalue weighted by atomic mass is 10.2. The van der Waals surface area contributed by atoms with Crippen LogP contribution in [0.15, 0.2) is 30.3 Å². The molecule has 0 aromatic heterocycles. The summed E-state index contributed by atoms with van der Waals surface area (Å²) in [7, 11) is 6.21. The van der Waals surface area contributed by atoms with Gasteiger partial charge in [0.1, 0.15) is 6.04 Å². The number of aliphatic hydroxyl groups is 1. The van der Waals surface area contributed by atoms with Crippen LogP contribution in [-0.4, -0.2) is 49.4 Å². The highest BCUT2D eigenvalue weighted by Gasteiger charge is 2.15. The van der Waals surface area contributed by atoms with Crippen molar-refractivity contribution in [3.63, 3.8) is 0 Å². The Morgan fingerprint density at radius 2 is 1.72 bits per heavy atom. The normalized spacial score (nSPS) is 11.6. The maximum atomic E-state index is 10.1. The zero-order chi connectivity index (χ0) is 13.5. The van der Waals surface area contributed by atoms with Gasteiger partial charge in [-0.3, -0.25) is 0 Å². The zero-order valence-corrected chi connectivity index (χ0v) is 12.0. The maximum Gasteiger partial charge on any atom is 0.109 e. The Hall–Kier alpha value is -1.10. The number of carbonyl (C=O) groups is 1. The second-order valence-electron chi connectivity index (χ2n) is 4.80. The Balaban J connectivity index is 0. The van der Waals surface area contributed by atoms with Crippen molar-refractivity contribution in [3.05, 3.63) is 35.9 Å². The van der Waals surface area contributed by atoms with E-state index in [1.807, 2.05) is 6.92 Å². The molecule has 0 saturated heterocycles. The summed E-state index contributed by atoms with van der Waals surface area (Å²) in [5.74, 6) is -1.13. The van der Waals surface area contributed by atoms with E-state index in [0.717, 1.165) is 4.48 Å². The summed E-state index contributed by atoms with van der Waals surface area (Å²) < 4.78 is 0.830. The average molecular weight is 275 g/mol. The summed E-state index contributed by atoms with van der Waals surface area (Å²) in [6, 6.07) is 8.41. The lowest BCUT2D eigenvalue weighted by Gasteiger charge is -2.29. The van der Waals surface area contributed by atoms with Crippen LogP contribution in [0.25, 0.3) is 0 Å². The molecule has 104 valence electrons. The van der Waals surface area contributed by atoms with E-state index in [-0.39, 0.29) is 24.6 Å². The lowest BCUT2D eigenvalue weighted by Crippen LogP contribution is -3.00. The number of benzene rings is 1. The molecule has 0 fully saturated rings. The van der Waals surface area contributed by atoms with E-state index in [9.17, 15) is 9.90 Å². The highest BCUT2D eigenvalue weighted by molar-refractivity contribution is 5.85. The minimum atomic E-state index is -1.13. The molecule has 1 aromatic carbocycles. The van der Waals surface area contributed by atoms with Gasteiger partial charge in [0, 0.05) is 0 Å². The minimum absolute atomic E-state index is 0. The van der Waals surface area contributed by atoms with Crippen LogP contribution in [-0.2, 0) is 0 Å². The Morgan fingerprint density at radius 3 is 1.89 bits per heavy atom. The SMILES string of the molecule is CC(CO)[N+](C)(C)C.O=C([O-])c1ccccc1.[Cl-]. The summed E-state index contributed by atoms with van der Waals surface area (Å²) in [6.07, 6.45) is 0. The number of halogens is 1. The van der Waals surface area contributed by atoms with Crippen LogP contribution >= 0.6 is 0 Å². The summed E-state index contributed by atoms with van der Waals surface area (Å²) in [5, 5.41) is 18.7. The van der Waals surface area contributed by atoms with Crippen molar-refractivity contribution in [3.8, 4) is 0 Å². The van der Waals surface area contributed by atoms with Crippen LogP contribution < -0.4 is 17.5 Å². The molecule has 4 nitrogen and oxygen atoms in total. The van der Waals surface area contributed by atoms with Gasteiger partial charge in [-0.2, -0.15) is 0 Å². The number of carboxylic acids is 1. The molecule has 1 rings (SSSR count). The van der Waals surface area contributed by atoms with E-state index in [4.69, 9.17) is 5.11 Å². The van der Waals surface area contributed by atoms with Crippen LogP contribution in [0.2, 0.25) is 0 Å². The van der Waals surface area contributed by atoms with Crippen LogP contribution in [0.3, 0.4) is 0 Å². The van der Waals surface area contributed by atoms with Gasteiger partial charge < -0.3 is 31.9 Å². The predicted molar refractivity (Wildman–Crippen MR) is 65.4 cm³/mol. The maximum absolute atomic E-state index is 10.1. The fourth-order valence-corrected chi connectivity index (χ4v) is 0.819. The zero-order valence-electron chi connectivity index (χ0n) is 11.3. The first-order valence-electron chi connectivity index (χ1n) is 5.47.